The molecule has 0 amide bonds. The maximum Gasteiger partial charge on any atom is 0.303 e. The topological polar surface area (TPSA) is 53.1 Å². The summed E-state index contributed by atoms with van der Waals surface area (Å²) in [5, 5.41) is 10.8. The van der Waals surface area contributed by atoms with Crippen LogP contribution in [0.15, 0.2) is 18.2 Å². The molecule has 4 heteroatoms. The second-order valence-electron chi connectivity index (χ2n) is 5.46. The summed E-state index contributed by atoms with van der Waals surface area (Å²) in [5.74, 6) is -0.240. The normalized spacial score (nSPS) is 16.7. The van der Waals surface area contributed by atoms with Crippen molar-refractivity contribution < 1.29 is 9.90 Å². The molecule has 1 unspecified atom stereocenters. The van der Waals surface area contributed by atoms with E-state index in [2.05, 4.69) is 4.98 Å². The van der Waals surface area contributed by atoms with E-state index in [1.807, 2.05) is 25.1 Å². The number of carboxylic acid groups (broad SMARTS) is 1. The van der Waals surface area contributed by atoms with E-state index in [4.69, 9.17) is 16.7 Å². The molecule has 0 aliphatic heterocycles. The number of carbonyl (C=O) groups is 1. The molecule has 1 fully saturated rings. The van der Waals surface area contributed by atoms with Gasteiger partial charge in [-0.25, -0.2) is 0 Å². The average Bonchev–Trinajstić information content (AvgIpc) is 3.08. The largest absolute Gasteiger partial charge is 0.481 e. The predicted molar refractivity (Wildman–Crippen MR) is 75.8 cm³/mol. The lowest BCUT2D eigenvalue weighted by atomic mass is 9.90. The van der Waals surface area contributed by atoms with E-state index < -0.39 is 5.97 Å². The van der Waals surface area contributed by atoms with Crippen LogP contribution in [-0.2, 0) is 4.79 Å². The highest BCUT2D eigenvalue weighted by molar-refractivity contribution is 6.32. The molecule has 1 aliphatic rings. The van der Waals surface area contributed by atoms with Gasteiger partial charge >= 0.3 is 5.97 Å². The van der Waals surface area contributed by atoms with E-state index in [9.17, 15) is 4.79 Å². The number of rotatable bonds is 4. The molecular formula is C15H16ClNO2. The zero-order chi connectivity index (χ0) is 13.6. The first kappa shape index (κ1) is 12.5. The van der Waals surface area contributed by atoms with Gasteiger partial charge in [0.25, 0.3) is 0 Å². The monoisotopic (exact) mass is 277 g/mol. The van der Waals surface area contributed by atoms with E-state index in [1.165, 1.54) is 0 Å². The molecule has 0 spiro atoms. The lowest BCUT2D eigenvalue weighted by Gasteiger charge is -2.16. The van der Waals surface area contributed by atoms with Gasteiger partial charge in [-0.1, -0.05) is 11.6 Å². The third kappa shape index (κ3) is 2.47. The molecule has 1 atom stereocenters. The second-order valence-corrected chi connectivity index (χ2v) is 5.86. The van der Waals surface area contributed by atoms with Crippen molar-refractivity contribution in [3.8, 4) is 0 Å². The van der Waals surface area contributed by atoms with Gasteiger partial charge in [0, 0.05) is 21.6 Å². The Morgan fingerprint density at radius 2 is 2.21 bits per heavy atom. The summed E-state index contributed by atoms with van der Waals surface area (Å²) < 4.78 is 0. The molecule has 2 N–H and O–H groups in total. The molecule has 0 saturated heterocycles. The van der Waals surface area contributed by atoms with Gasteiger partial charge in [0.05, 0.1) is 6.42 Å². The van der Waals surface area contributed by atoms with Crippen LogP contribution in [0.5, 0.6) is 0 Å². The Balaban J connectivity index is 2.05. The van der Waals surface area contributed by atoms with Crippen LogP contribution in [-0.4, -0.2) is 16.1 Å². The number of aromatic amines is 1. The van der Waals surface area contributed by atoms with E-state index >= 15 is 0 Å². The Labute approximate surface area is 116 Å². The summed E-state index contributed by atoms with van der Waals surface area (Å²) in [5.41, 5.74) is 3.10. The van der Waals surface area contributed by atoms with E-state index in [0.717, 1.165) is 35.0 Å². The standard InChI is InChI=1S/C15H16ClNO2/c1-8-4-10-5-13(16)12(6-14(10)17-8)11(7-15(18)19)9-2-3-9/h4-6,9,11,17H,2-3,7H2,1H3,(H,18,19). The van der Waals surface area contributed by atoms with Crippen LogP contribution in [0.4, 0.5) is 0 Å². The van der Waals surface area contributed by atoms with Crippen molar-refractivity contribution in [2.45, 2.75) is 32.1 Å². The minimum atomic E-state index is -0.754. The zero-order valence-corrected chi connectivity index (χ0v) is 11.5. The summed E-state index contributed by atoms with van der Waals surface area (Å²) in [6.07, 6.45) is 2.38. The maximum atomic E-state index is 11.0. The highest BCUT2D eigenvalue weighted by Gasteiger charge is 2.35. The minimum Gasteiger partial charge on any atom is -0.481 e. The van der Waals surface area contributed by atoms with Crippen LogP contribution in [0.3, 0.4) is 0 Å². The summed E-state index contributed by atoms with van der Waals surface area (Å²) >= 11 is 6.36. The van der Waals surface area contributed by atoms with Crippen molar-refractivity contribution in [1.82, 2.24) is 4.98 Å². The Morgan fingerprint density at radius 1 is 1.47 bits per heavy atom. The smallest absolute Gasteiger partial charge is 0.303 e. The first-order valence-electron chi connectivity index (χ1n) is 6.55. The van der Waals surface area contributed by atoms with Crippen molar-refractivity contribution in [3.63, 3.8) is 0 Å². The van der Waals surface area contributed by atoms with Crippen molar-refractivity contribution >= 4 is 28.5 Å². The molecule has 100 valence electrons. The molecule has 1 heterocycles. The number of aromatic nitrogens is 1. The third-order valence-electron chi connectivity index (χ3n) is 3.86. The summed E-state index contributed by atoms with van der Waals surface area (Å²) in [7, 11) is 0. The van der Waals surface area contributed by atoms with Gasteiger partial charge < -0.3 is 10.1 Å². The number of halogens is 1. The Kier molecular flexibility index (Phi) is 3.02. The van der Waals surface area contributed by atoms with Crippen LogP contribution in [0.1, 0.15) is 36.4 Å². The number of hydrogen-bond donors (Lipinski definition) is 2. The molecule has 1 aromatic heterocycles. The molecule has 2 aromatic rings. The number of fused-ring (bicyclic) bond motifs is 1. The fraction of sp³-hybridized carbons (Fsp3) is 0.400. The van der Waals surface area contributed by atoms with Crippen LogP contribution in [0, 0.1) is 12.8 Å². The second kappa shape index (κ2) is 4.57. The van der Waals surface area contributed by atoms with Crippen molar-refractivity contribution in [2.24, 2.45) is 5.92 Å². The van der Waals surface area contributed by atoms with Gasteiger partial charge in [-0.05, 0) is 55.4 Å². The quantitative estimate of drug-likeness (QED) is 0.884. The predicted octanol–water partition coefficient (Wildman–Crippen LogP) is 4.10. The van der Waals surface area contributed by atoms with E-state index in [1.54, 1.807) is 0 Å². The molecule has 0 bridgehead atoms. The molecule has 1 aliphatic carbocycles. The number of aryl methyl sites for hydroxylation is 1. The maximum absolute atomic E-state index is 11.0. The summed E-state index contributed by atoms with van der Waals surface area (Å²) in [4.78, 5) is 14.3. The zero-order valence-electron chi connectivity index (χ0n) is 10.7. The number of carboxylic acids is 1. The number of benzene rings is 1. The van der Waals surface area contributed by atoms with Crippen LogP contribution in [0.25, 0.3) is 10.9 Å². The Bertz CT molecular complexity index is 643. The van der Waals surface area contributed by atoms with E-state index in [-0.39, 0.29) is 12.3 Å². The number of H-pyrrole nitrogens is 1. The molecule has 19 heavy (non-hydrogen) atoms. The number of aliphatic carboxylic acids is 1. The molecule has 3 nitrogen and oxygen atoms in total. The summed E-state index contributed by atoms with van der Waals surface area (Å²) in [6.45, 7) is 2.00. The average molecular weight is 278 g/mol. The fourth-order valence-corrected chi connectivity index (χ4v) is 3.13. The first-order valence-corrected chi connectivity index (χ1v) is 6.93. The highest BCUT2D eigenvalue weighted by atomic mass is 35.5. The Morgan fingerprint density at radius 3 is 2.84 bits per heavy atom. The van der Waals surface area contributed by atoms with Gasteiger partial charge in [-0.3, -0.25) is 4.79 Å². The van der Waals surface area contributed by atoms with Gasteiger partial charge in [-0.15, -0.1) is 0 Å². The molecule has 1 saturated carbocycles. The summed E-state index contributed by atoms with van der Waals surface area (Å²) in [6, 6.07) is 6.01. The Hall–Kier alpha value is -1.48. The number of nitrogens with one attached hydrogen (secondary N) is 1. The lowest BCUT2D eigenvalue weighted by Crippen LogP contribution is -2.09. The van der Waals surface area contributed by atoms with Gasteiger partial charge in [-0.2, -0.15) is 0 Å². The molecular weight excluding hydrogens is 262 g/mol. The van der Waals surface area contributed by atoms with Gasteiger partial charge in [0.15, 0.2) is 0 Å². The third-order valence-corrected chi connectivity index (χ3v) is 4.19. The fourth-order valence-electron chi connectivity index (χ4n) is 2.82. The highest BCUT2D eigenvalue weighted by Crippen LogP contribution is 2.47. The lowest BCUT2D eigenvalue weighted by molar-refractivity contribution is -0.137. The van der Waals surface area contributed by atoms with Gasteiger partial charge in [0.1, 0.15) is 0 Å². The van der Waals surface area contributed by atoms with Crippen LogP contribution >= 0.6 is 11.6 Å². The van der Waals surface area contributed by atoms with Crippen LogP contribution < -0.4 is 0 Å². The van der Waals surface area contributed by atoms with Gasteiger partial charge in [0.2, 0.25) is 0 Å². The van der Waals surface area contributed by atoms with Crippen molar-refractivity contribution in [3.05, 3.63) is 34.5 Å². The minimum absolute atomic E-state index is 0.0398. The van der Waals surface area contributed by atoms with Crippen molar-refractivity contribution in [2.75, 3.05) is 0 Å². The van der Waals surface area contributed by atoms with E-state index in [0.29, 0.717) is 10.9 Å². The van der Waals surface area contributed by atoms with Crippen LogP contribution in [0.2, 0.25) is 5.02 Å². The molecule has 1 aromatic carbocycles. The molecule has 0 radical (unpaired) electrons. The SMILES string of the molecule is Cc1cc2cc(Cl)c(C(CC(=O)O)C3CC3)cc2[nH]1. The molecule has 3 rings (SSSR count). The van der Waals surface area contributed by atoms with Crippen molar-refractivity contribution in [1.29, 1.82) is 0 Å². The first-order chi connectivity index (χ1) is 9.04. The number of hydrogen-bond acceptors (Lipinski definition) is 1.